The van der Waals surface area contributed by atoms with Crippen molar-refractivity contribution in [3.8, 4) is 5.75 Å². The van der Waals surface area contributed by atoms with Crippen LogP contribution in [0.4, 0.5) is 5.69 Å². The monoisotopic (exact) mass is 262 g/mol. The highest BCUT2D eigenvalue weighted by atomic mass is 16.5. The molecular weight excluding hydrogens is 240 g/mol. The van der Waals surface area contributed by atoms with Crippen LogP contribution in [0, 0.1) is 5.92 Å². The van der Waals surface area contributed by atoms with Crippen LogP contribution in [0.5, 0.6) is 5.75 Å². The number of benzene rings is 1. The molecule has 3 N–H and O–H groups in total. The lowest BCUT2D eigenvalue weighted by Gasteiger charge is -2.25. The minimum Gasteiger partial charge on any atom is -0.491 e. The molecule has 2 rings (SSSR count). The summed E-state index contributed by atoms with van der Waals surface area (Å²) < 4.78 is 5.69. The van der Waals surface area contributed by atoms with Crippen LogP contribution in [0.3, 0.4) is 0 Å². The van der Waals surface area contributed by atoms with E-state index in [0.29, 0.717) is 6.54 Å². The third-order valence-electron chi connectivity index (χ3n) is 3.30. The van der Waals surface area contributed by atoms with Gasteiger partial charge in [0.05, 0.1) is 6.10 Å². The van der Waals surface area contributed by atoms with Crippen molar-refractivity contribution in [1.29, 1.82) is 0 Å². The molecule has 104 valence electrons. The number of hydrogen-bond donors (Lipinski definition) is 2. The van der Waals surface area contributed by atoms with Crippen molar-refractivity contribution >= 4 is 11.6 Å². The zero-order chi connectivity index (χ0) is 13.8. The molecule has 1 heterocycles. The molecule has 1 atom stereocenters. The number of amides is 1. The van der Waals surface area contributed by atoms with Crippen molar-refractivity contribution in [2.45, 2.75) is 39.2 Å². The third kappa shape index (κ3) is 3.47. The van der Waals surface area contributed by atoms with Crippen LogP contribution >= 0.6 is 0 Å². The van der Waals surface area contributed by atoms with Gasteiger partial charge in [-0.2, -0.15) is 0 Å². The number of carbonyl (C=O) groups is 1. The molecule has 0 aromatic heterocycles. The molecule has 19 heavy (non-hydrogen) atoms. The van der Waals surface area contributed by atoms with Crippen LogP contribution in [0.1, 0.15) is 32.3 Å². The van der Waals surface area contributed by atoms with Gasteiger partial charge < -0.3 is 15.8 Å². The second-order valence-corrected chi connectivity index (χ2v) is 5.31. The van der Waals surface area contributed by atoms with Gasteiger partial charge in [0.15, 0.2) is 0 Å². The van der Waals surface area contributed by atoms with Gasteiger partial charge >= 0.3 is 0 Å². The van der Waals surface area contributed by atoms with E-state index >= 15 is 0 Å². The fourth-order valence-electron chi connectivity index (χ4n) is 2.40. The van der Waals surface area contributed by atoms with Crippen LogP contribution in [0.2, 0.25) is 0 Å². The maximum absolute atomic E-state index is 11.9. The van der Waals surface area contributed by atoms with Crippen molar-refractivity contribution in [3.05, 3.63) is 23.8 Å². The smallest absolute Gasteiger partial charge is 0.227 e. The van der Waals surface area contributed by atoms with Gasteiger partial charge in [0.1, 0.15) is 5.75 Å². The SMILES string of the molecule is CC(C)Oc1ccc2c(c1)CC(CCCN)C(=O)N2. The maximum atomic E-state index is 11.9. The molecule has 1 amide bonds. The minimum atomic E-state index is 0.0327. The molecule has 4 heteroatoms. The van der Waals surface area contributed by atoms with E-state index in [1.807, 2.05) is 32.0 Å². The molecule has 0 spiro atoms. The van der Waals surface area contributed by atoms with E-state index in [0.717, 1.165) is 36.3 Å². The molecule has 1 aliphatic heterocycles. The summed E-state index contributed by atoms with van der Waals surface area (Å²) in [6, 6.07) is 5.85. The average Bonchev–Trinajstić information content (AvgIpc) is 2.36. The largest absolute Gasteiger partial charge is 0.491 e. The Bertz CT molecular complexity index is 457. The van der Waals surface area contributed by atoms with Gasteiger partial charge in [0.25, 0.3) is 0 Å². The first kappa shape index (κ1) is 13.9. The molecule has 0 saturated heterocycles. The summed E-state index contributed by atoms with van der Waals surface area (Å²) in [6.45, 7) is 4.64. The molecule has 0 bridgehead atoms. The zero-order valence-corrected chi connectivity index (χ0v) is 11.6. The first-order valence-corrected chi connectivity index (χ1v) is 6.90. The van der Waals surface area contributed by atoms with Gasteiger partial charge in [-0.25, -0.2) is 0 Å². The lowest BCUT2D eigenvalue weighted by atomic mass is 9.89. The molecule has 1 unspecified atom stereocenters. The van der Waals surface area contributed by atoms with Crippen LogP contribution in [0.15, 0.2) is 18.2 Å². The first-order valence-electron chi connectivity index (χ1n) is 6.90. The molecule has 0 fully saturated rings. The van der Waals surface area contributed by atoms with Gasteiger partial charge in [-0.15, -0.1) is 0 Å². The summed E-state index contributed by atoms with van der Waals surface area (Å²) in [5.41, 5.74) is 7.57. The van der Waals surface area contributed by atoms with Crippen LogP contribution in [-0.2, 0) is 11.2 Å². The van der Waals surface area contributed by atoms with E-state index in [1.54, 1.807) is 0 Å². The molecular formula is C15H22N2O2. The number of fused-ring (bicyclic) bond motifs is 1. The fraction of sp³-hybridized carbons (Fsp3) is 0.533. The predicted octanol–water partition coefficient (Wildman–Crippen LogP) is 2.32. The summed E-state index contributed by atoms with van der Waals surface area (Å²) in [4.78, 5) is 11.9. The summed E-state index contributed by atoms with van der Waals surface area (Å²) in [5, 5.41) is 2.96. The minimum absolute atomic E-state index is 0.0327. The lowest BCUT2D eigenvalue weighted by Crippen LogP contribution is -2.30. The molecule has 1 aromatic rings. The highest BCUT2D eigenvalue weighted by molar-refractivity contribution is 5.95. The van der Waals surface area contributed by atoms with Crippen molar-refractivity contribution < 1.29 is 9.53 Å². The van der Waals surface area contributed by atoms with Gasteiger partial charge in [-0.3, -0.25) is 4.79 Å². The Labute approximate surface area is 114 Å². The van der Waals surface area contributed by atoms with Crippen molar-refractivity contribution in [2.24, 2.45) is 11.7 Å². The van der Waals surface area contributed by atoms with Gasteiger partial charge in [-0.05, 0) is 63.4 Å². The molecule has 0 aliphatic carbocycles. The second-order valence-electron chi connectivity index (χ2n) is 5.31. The molecule has 1 aliphatic rings. The highest BCUT2D eigenvalue weighted by Crippen LogP contribution is 2.31. The number of nitrogens with one attached hydrogen (secondary N) is 1. The molecule has 4 nitrogen and oxygen atoms in total. The number of nitrogens with two attached hydrogens (primary N) is 1. The molecule has 0 saturated carbocycles. The normalized spacial score (nSPS) is 18.1. The van der Waals surface area contributed by atoms with E-state index in [9.17, 15) is 4.79 Å². The third-order valence-corrected chi connectivity index (χ3v) is 3.30. The Kier molecular flexibility index (Phi) is 4.43. The van der Waals surface area contributed by atoms with Gasteiger partial charge in [0, 0.05) is 11.6 Å². The van der Waals surface area contributed by atoms with E-state index < -0.39 is 0 Å². The van der Waals surface area contributed by atoms with Crippen molar-refractivity contribution in [3.63, 3.8) is 0 Å². The van der Waals surface area contributed by atoms with Crippen LogP contribution in [-0.4, -0.2) is 18.6 Å². The maximum Gasteiger partial charge on any atom is 0.227 e. The topological polar surface area (TPSA) is 64.3 Å². The number of anilines is 1. The average molecular weight is 262 g/mol. The summed E-state index contributed by atoms with van der Waals surface area (Å²) in [6.07, 6.45) is 2.66. The zero-order valence-electron chi connectivity index (χ0n) is 11.6. The van der Waals surface area contributed by atoms with Crippen molar-refractivity contribution in [2.75, 3.05) is 11.9 Å². The lowest BCUT2D eigenvalue weighted by molar-refractivity contribution is -0.120. The van der Waals surface area contributed by atoms with Crippen molar-refractivity contribution in [1.82, 2.24) is 0 Å². The summed E-state index contributed by atoms with van der Waals surface area (Å²) in [7, 11) is 0. The molecule has 1 aromatic carbocycles. The predicted molar refractivity (Wildman–Crippen MR) is 76.3 cm³/mol. The number of ether oxygens (including phenoxy) is 1. The van der Waals surface area contributed by atoms with E-state index in [2.05, 4.69) is 5.32 Å². The standard InChI is InChI=1S/C15H22N2O2/c1-10(2)19-13-5-6-14-12(9-13)8-11(4-3-7-16)15(18)17-14/h5-6,9-11H,3-4,7-8,16H2,1-2H3,(H,17,18). The summed E-state index contributed by atoms with van der Waals surface area (Å²) in [5.74, 6) is 1.01. The number of rotatable bonds is 5. The number of hydrogen-bond acceptors (Lipinski definition) is 3. The van der Waals surface area contributed by atoms with E-state index in [4.69, 9.17) is 10.5 Å². The van der Waals surface area contributed by atoms with E-state index in [1.165, 1.54) is 0 Å². The Hall–Kier alpha value is -1.55. The van der Waals surface area contributed by atoms with Gasteiger partial charge in [-0.1, -0.05) is 0 Å². The Morgan fingerprint density at radius 3 is 2.95 bits per heavy atom. The quantitative estimate of drug-likeness (QED) is 0.856. The Morgan fingerprint density at radius 2 is 2.26 bits per heavy atom. The number of carbonyl (C=O) groups excluding carboxylic acids is 1. The van der Waals surface area contributed by atoms with E-state index in [-0.39, 0.29) is 17.9 Å². The van der Waals surface area contributed by atoms with Crippen LogP contribution in [0.25, 0.3) is 0 Å². The molecule has 0 radical (unpaired) electrons. The van der Waals surface area contributed by atoms with Crippen LogP contribution < -0.4 is 15.8 Å². The Morgan fingerprint density at radius 1 is 1.47 bits per heavy atom. The second kappa shape index (κ2) is 6.06. The first-order chi connectivity index (χ1) is 9.10. The highest BCUT2D eigenvalue weighted by Gasteiger charge is 2.25. The van der Waals surface area contributed by atoms with Gasteiger partial charge in [0.2, 0.25) is 5.91 Å². The Balaban J connectivity index is 2.13. The fourth-order valence-corrected chi connectivity index (χ4v) is 2.40. The summed E-state index contributed by atoms with van der Waals surface area (Å²) >= 11 is 0.